The zero-order valence-corrected chi connectivity index (χ0v) is 7.53. The van der Waals surface area contributed by atoms with Crippen LogP contribution in [0.15, 0.2) is 30.3 Å². The summed E-state index contributed by atoms with van der Waals surface area (Å²) in [5.74, 6) is -5.73. The highest BCUT2D eigenvalue weighted by molar-refractivity contribution is 5.80. The summed E-state index contributed by atoms with van der Waals surface area (Å²) >= 11 is 0. The first kappa shape index (κ1) is 11.6. The average Bonchev–Trinajstić information content (AvgIpc) is 2.16. The van der Waals surface area contributed by atoms with Crippen molar-refractivity contribution in [3.05, 3.63) is 35.9 Å². The first-order valence-electron chi connectivity index (χ1n) is 3.98. The van der Waals surface area contributed by atoms with Gasteiger partial charge >= 0.3 is 11.9 Å². The van der Waals surface area contributed by atoms with Gasteiger partial charge in [-0.2, -0.15) is 0 Å². The molecule has 1 aromatic carbocycles. The number of hydrogen-bond donors (Lipinski definition) is 5. The van der Waals surface area contributed by atoms with Crippen molar-refractivity contribution < 1.29 is 30.3 Å². The van der Waals surface area contributed by atoms with Crippen molar-refractivity contribution in [2.24, 2.45) is 0 Å². The molecule has 1 rings (SSSR count). The van der Waals surface area contributed by atoms with E-state index in [1.54, 1.807) is 6.07 Å². The van der Waals surface area contributed by atoms with Crippen molar-refractivity contribution in [1.82, 2.24) is 0 Å². The van der Waals surface area contributed by atoms with Gasteiger partial charge in [-0.25, -0.2) is 4.79 Å². The lowest BCUT2D eigenvalue weighted by Gasteiger charge is -2.31. The summed E-state index contributed by atoms with van der Waals surface area (Å²) < 4.78 is 0. The number of carboxylic acid groups (broad SMARTS) is 1. The zero-order valence-electron chi connectivity index (χ0n) is 7.53. The molecule has 0 spiro atoms. The Morgan fingerprint density at radius 2 is 1.47 bits per heavy atom. The van der Waals surface area contributed by atoms with Crippen LogP contribution in [0.1, 0.15) is 5.56 Å². The SMILES string of the molecule is O=C(O)C(O)(c1ccccc1)C(O)(O)O. The summed E-state index contributed by atoms with van der Waals surface area (Å²) in [6.07, 6.45) is 0. The topological polar surface area (TPSA) is 118 Å². The smallest absolute Gasteiger partial charge is 0.349 e. The highest BCUT2D eigenvalue weighted by atomic mass is 16.7. The van der Waals surface area contributed by atoms with Crippen LogP contribution in [-0.4, -0.2) is 37.5 Å². The molecule has 0 radical (unpaired) electrons. The molecule has 0 aliphatic carbocycles. The molecule has 0 aliphatic heterocycles. The third kappa shape index (κ3) is 1.83. The maximum atomic E-state index is 10.7. The van der Waals surface area contributed by atoms with E-state index in [0.29, 0.717) is 0 Å². The Balaban J connectivity index is 3.32. The fourth-order valence-corrected chi connectivity index (χ4v) is 1.14. The van der Waals surface area contributed by atoms with Crippen LogP contribution >= 0.6 is 0 Å². The molecule has 1 aromatic rings. The molecule has 0 amide bonds. The van der Waals surface area contributed by atoms with E-state index in [1.165, 1.54) is 12.1 Å². The third-order valence-corrected chi connectivity index (χ3v) is 1.99. The molecule has 0 saturated carbocycles. The number of aliphatic carboxylic acids is 1. The van der Waals surface area contributed by atoms with E-state index in [2.05, 4.69) is 0 Å². The van der Waals surface area contributed by atoms with Gasteiger partial charge in [0.1, 0.15) is 0 Å². The van der Waals surface area contributed by atoms with Gasteiger partial charge in [0.05, 0.1) is 0 Å². The Labute approximate surface area is 84.7 Å². The van der Waals surface area contributed by atoms with E-state index >= 15 is 0 Å². The van der Waals surface area contributed by atoms with Crippen molar-refractivity contribution >= 4 is 5.97 Å². The second-order valence-electron chi connectivity index (χ2n) is 3.02. The van der Waals surface area contributed by atoms with E-state index in [0.717, 1.165) is 12.1 Å². The largest absolute Gasteiger partial charge is 0.479 e. The van der Waals surface area contributed by atoms with Crippen molar-refractivity contribution in [3.8, 4) is 0 Å². The third-order valence-electron chi connectivity index (χ3n) is 1.99. The van der Waals surface area contributed by atoms with E-state index in [1.807, 2.05) is 0 Å². The van der Waals surface area contributed by atoms with Crippen LogP contribution in [0, 0.1) is 0 Å². The highest BCUT2D eigenvalue weighted by Crippen LogP contribution is 2.29. The predicted octanol–water partition coefficient (Wildman–Crippen LogP) is -1.41. The fourth-order valence-electron chi connectivity index (χ4n) is 1.14. The quantitative estimate of drug-likeness (QED) is 0.394. The molecule has 0 saturated heterocycles. The van der Waals surface area contributed by atoms with Crippen molar-refractivity contribution in [2.45, 2.75) is 11.6 Å². The summed E-state index contributed by atoms with van der Waals surface area (Å²) in [6.45, 7) is 0. The van der Waals surface area contributed by atoms with Crippen LogP contribution in [-0.2, 0) is 10.4 Å². The number of carbonyl (C=O) groups is 1. The van der Waals surface area contributed by atoms with E-state index < -0.39 is 17.5 Å². The molecular weight excluding hydrogens is 204 g/mol. The molecule has 6 nitrogen and oxygen atoms in total. The maximum absolute atomic E-state index is 10.7. The molecule has 5 N–H and O–H groups in total. The lowest BCUT2D eigenvalue weighted by atomic mass is 9.91. The van der Waals surface area contributed by atoms with Gasteiger partial charge in [-0.05, 0) is 0 Å². The number of rotatable bonds is 3. The van der Waals surface area contributed by atoms with Crippen LogP contribution in [0.5, 0.6) is 0 Å². The predicted molar refractivity (Wildman–Crippen MR) is 47.4 cm³/mol. The summed E-state index contributed by atoms with van der Waals surface area (Å²) in [5, 5.41) is 44.8. The Bertz CT molecular complexity index is 355. The first-order chi connectivity index (χ1) is 6.80. The maximum Gasteiger partial charge on any atom is 0.349 e. The number of aliphatic hydroxyl groups is 4. The summed E-state index contributed by atoms with van der Waals surface area (Å²) in [6, 6.07) is 6.60. The monoisotopic (exact) mass is 214 g/mol. The van der Waals surface area contributed by atoms with E-state index in [4.69, 9.17) is 20.4 Å². The van der Waals surface area contributed by atoms with Gasteiger partial charge in [-0.3, -0.25) is 0 Å². The van der Waals surface area contributed by atoms with Gasteiger partial charge < -0.3 is 25.5 Å². The van der Waals surface area contributed by atoms with Crippen LogP contribution in [0.4, 0.5) is 0 Å². The molecule has 1 unspecified atom stereocenters. The normalized spacial score (nSPS) is 15.7. The summed E-state index contributed by atoms with van der Waals surface area (Å²) in [7, 11) is 0. The number of benzene rings is 1. The minimum absolute atomic E-state index is 0.343. The lowest BCUT2D eigenvalue weighted by Crippen LogP contribution is -2.57. The molecule has 0 aliphatic rings. The Morgan fingerprint density at radius 3 is 1.80 bits per heavy atom. The number of hydrogen-bond acceptors (Lipinski definition) is 5. The zero-order chi connectivity index (χ0) is 11.7. The first-order valence-corrected chi connectivity index (χ1v) is 3.98. The highest BCUT2D eigenvalue weighted by Gasteiger charge is 2.56. The van der Waals surface area contributed by atoms with E-state index in [-0.39, 0.29) is 5.56 Å². The van der Waals surface area contributed by atoms with Gasteiger partial charge in [0.25, 0.3) is 5.60 Å². The van der Waals surface area contributed by atoms with Crippen molar-refractivity contribution in [1.29, 1.82) is 0 Å². The molecule has 0 aromatic heterocycles. The molecule has 6 heteroatoms. The average molecular weight is 214 g/mol. The number of carboxylic acids is 1. The van der Waals surface area contributed by atoms with Gasteiger partial charge in [0.15, 0.2) is 0 Å². The molecule has 0 fully saturated rings. The molecule has 0 bridgehead atoms. The van der Waals surface area contributed by atoms with Crippen LogP contribution in [0.3, 0.4) is 0 Å². The Hall–Kier alpha value is -1.47. The Morgan fingerprint density at radius 1 is 1.00 bits per heavy atom. The van der Waals surface area contributed by atoms with Gasteiger partial charge in [0.2, 0.25) is 0 Å². The van der Waals surface area contributed by atoms with Gasteiger partial charge in [-0.1, -0.05) is 30.3 Å². The minimum atomic E-state index is -3.76. The van der Waals surface area contributed by atoms with Crippen LogP contribution in [0.25, 0.3) is 0 Å². The van der Waals surface area contributed by atoms with E-state index in [9.17, 15) is 9.90 Å². The molecule has 82 valence electrons. The summed E-state index contributed by atoms with van der Waals surface area (Å²) in [5.41, 5.74) is -3.53. The van der Waals surface area contributed by atoms with Crippen molar-refractivity contribution in [2.75, 3.05) is 0 Å². The van der Waals surface area contributed by atoms with Gasteiger partial charge in [-0.15, -0.1) is 0 Å². The fraction of sp³-hybridized carbons (Fsp3) is 0.222. The van der Waals surface area contributed by atoms with Gasteiger partial charge in [0, 0.05) is 5.56 Å². The standard InChI is InChI=1S/C9H10O6/c10-7(11)8(12,9(13,14)15)6-4-2-1-3-5-6/h1-5,12-15H,(H,10,11). The second kappa shape index (κ2) is 3.59. The minimum Gasteiger partial charge on any atom is -0.479 e. The lowest BCUT2D eigenvalue weighted by molar-refractivity contribution is -0.387. The summed E-state index contributed by atoms with van der Waals surface area (Å²) in [4.78, 5) is 10.7. The molecule has 1 atom stereocenters. The second-order valence-corrected chi connectivity index (χ2v) is 3.02. The van der Waals surface area contributed by atoms with Crippen molar-refractivity contribution in [3.63, 3.8) is 0 Å². The molecule has 15 heavy (non-hydrogen) atoms. The molecular formula is C9H10O6. The van der Waals surface area contributed by atoms with Crippen LogP contribution < -0.4 is 0 Å². The van der Waals surface area contributed by atoms with Crippen LogP contribution in [0.2, 0.25) is 0 Å². The molecule has 0 heterocycles. The Kier molecular flexibility index (Phi) is 2.78.